The number of hydrogen-bond donors (Lipinski definition) is 2. The molecule has 0 saturated carbocycles. The van der Waals surface area contributed by atoms with Gasteiger partial charge in [0.2, 0.25) is 5.91 Å². The molecule has 1 aromatic carbocycles. The van der Waals surface area contributed by atoms with Crippen LogP contribution < -0.4 is 10.6 Å². The number of carbonyl (C=O) groups excluding carboxylic acids is 3. The third-order valence-electron chi connectivity index (χ3n) is 4.02. The van der Waals surface area contributed by atoms with Gasteiger partial charge in [-0.25, -0.2) is 19.6 Å². The van der Waals surface area contributed by atoms with Crippen molar-refractivity contribution in [2.75, 3.05) is 11.2 Å². The largest absolute Gasteiger partial charge is 0.455 e. The van der Waals surface area contributed by atoms with E-state index in [1.165, 1.54) is 6.21 Å². The molecule has 0 aromatic heterocycles. The molecule has 180 valence electrons. The Bertz CT molecular complexity index is 945. The average molecular weight is 479 g/mol. The average Bonchev–Trinajstić information content (AvgIpc) is 3.09. The number of aliphatic imine (C=N–C) groups is 2. The third kappa shape index (κ3) is 8.16. The van der Waals surface area contributed by atoms with Gasteiger partial charge in [0, 0.05) is 23.6 Å². The van der Waals surface area contributed by atoms with Crippen molar-refractivity contribution in [2.45, 2.75) is 71.4 Å². The second kappa shape index (κ2) is 10.3. The van der Waals surface area contributed by atoms with Crippen LogP contribution in [0.1, 0.15) is 59.9 Å². The fourth-order valence-corrected chi connectivity index (χ4v) is 2.84. The zero-order chi connectivity index (χ0) is 24.9. The minimum atomic E-state index is -2.00. The predicted octanol–water partition coefficient (Wildman–Crippen LogP) is 4.04. The molecule has 0 spiro atoms. The maximum absolute atomic E-state index is 13.0. The van der Waals surface area contributed by atoms with E-state index in [9.17, 15) is 14.4 Å². The first-order valence-corrected chi connectivity index (χ1v) is 11.1. The third-order valence-corrected chi connectivity index (χ3v) is 4.28. The van der Waals surface area contributed by atoms with Gasteiger partial charge in [-0.05, 0) is 60.1 Å². The molecule has 0 radical (unpaired) electrons. The van der Waals surface area contributed by atoms with Crippen molar-refractivity contribution >= 4 is 47.2 Å². The van der Waals surface area contributed by atoms with E-state index in [0.29, 0.717) is 35.7 Å². The van der Waals surface area contributed by atoms with Crippen molar-refractivity contribution < 1.29 is 23.9 Å². The lowest BCUT2D eigenvalue weighted by Gasteiger charge is -2.28. The molecule has 33 heavy (non-hydrogen) atoms. The van der Waals surface area contributed by atoms with Crippen LogP contribution >= 0.6 is 11.6 Å². The number of nitrogens with zero attached hydrogens (tertiary/aromatic N) is 2. The number of anilines is 1. The Morgan fingerprint density at radius 3 is 2.15 bits per heavy atom. The summed E-state index contributed by atoms with van der Waals surface area (Å²) in [7, 11) is 0. The summed E-state index contributed by atoms with van der Waals surface area (Å²) in [6.45, 7) is 10.2. The molecule has 10 heteroatoms. The van der Waals surface area contributed by atoms with Crippen LogP contribution in [0.15, 0.2) is 34.3 Å². The van der Waals surface area contributed by atoms with Gasteiger partial charge in [0.1, 0.15) is 11.2 Å². The van der Waals surface area contributed by atoms with Gasteiger partial charge in [-0.1, -0.05) is 12.1 Å². The van der Waals surface area contributed by atoms with Crippen LogP contribution in [-0.2, 0) is 19.1 Å². The summed E-state index contributed by atoms with van der Waals surface area (Å²) >= 11 is 5.61. The van der Waals surface area contributed by atoms with Crippen molar-refractivity contribution in [3.05, 3.63) is 29.8 Å². The molecular weight excluding hydrogens is 448 g/mol. The SMILES string of the molecule is CC(C)(C)OC(=O)NC1(C(=O)OC(C)(C)C)N=CC(c2ccc(NC(=O)CCCCl)cc2)=N1. The van der Waals surface area contributed by atoms with Gasteiger partial charge >= 0.3 is 17.8 Å². The second-order valence-electron chi connectivity index (χ2n) is 9.47. The van der Waals surface area contributed by atoms with Gasteiger partial charge in [0.25, 0.3) is 0 Å². The Labute approximate surface area is 199 Å². The smallest absolute Gasteiger partial charge is 0.411 e. The number of alkyl halides is 1. The molecule has 9 nitrogen and oxygen atoms in total. The number of carbonyl (C=O) groups is 3. The molecule has 1 aromatic rings. The summed E-state index contributed by atoms with van der Waals surface area (Å²) in [4.78, 5) is 45.8. The fourth-order valence-electron chi connectivity index (χ4n) is 2.71. The Morgan fingerprint density at radius 2 is 1.61 bits per heavy atom. The summed E-state index contributed by atoms with van der Waals surface area (Å²) in [6, 6.07) is 6.86. The Hall–Kier alpha value is -2.94. The van der Waals surface area contributed by atoms with Gasteiger partial charge in [0.15, 0.2) is 0 Å². The molecule has 2 rings (SSSR count). The quantitative estimate of drug-likeness (QED) is 0.453. The van der Waals surface area contributed by atoms with Crippen LogP contribution in [0.25, 0.3) is 0 Å². The maximum Gasteiger partial charge on any atom is 0.411 e. The van der Waals surface area contributed by atoms with Gasteiger partial charge in [-0.15, -0.1) is 11.6 Å². The van der Waals surface area contributed by atoms with Gasteiger partial charge in [0.05, 0.1) is 11.9 Å². The lowest BCUT2D eigenvalue weighted by molar-refractivity contribution is -0.162. The summed E-state index contributed by atoms with van der Waals surface area (Å²) in [5.41, 5.74) is -0.000417. The first-order valence-electron chi connectivity index (χ1n) is 10.6. The minimum absolute atomic E-state index is 0.131. The Kier molecular flexibility index (Phi) is 8.24. The zero-order valence-electron chi connectivity index (χ0n) is 19.8. The molecule has 2 N–H and O–H groups in total. The summed E-state index contributed by atoms with van der Waals surface area (Å²) in [5, 5.41) is 5.22. The van der Waals surface area contributed by atoms with E-state index in [2.05, 4.69) is 20.6 Å². The fraction of sp³-hybridized carbons (Fsp3) is 0.522. The van der Waals surface area contributed by atoms with E-state index in [1.807, 2.05) is 0 Å². The van der Waals surface area contributed by atoms with Crippen LogP contribution in [0, 0.1) is 0 Å². The van der Waals surface area contributed by atoms with Crippen LogP contribution in [0.4, 0.5) is 10.5 Å². The minimum Gasteiger partial charge on any atom is -0.455 e. The number of benzene rings is 1. The number of amides is 2. The number of hydrogen-bond acceptors (Lipinski definition) is 7. The lowest BCUT2D eigenvalue weighted by atomic mass is 10.1. The highest BCUT2D eigenvalue weighted by atomic mass is 35.5. The predicted molar refractivity (Wildman–Crippen MR) is 128 cm³/mol. The zero-order valence-corrected chi connectivity index (χ0v) is 20.6. The monoisotopic (exact) mass is 478 g/mol. The standard InChI is InChI=1S/C23H31ClN4O5/c1-21(2,3)32-19(30)23(28-20(31)33-22(4,5)6)25-14-17(27-23)15-9-11-16(12-10-15)26-18(29)8-7-13-24/h9-12,14H,7-8,13H2,1-6H3,(H,26,29)(H,28,31). The van der Waals surface area contributed by atoms with E-state index in [-0.39, 0.29) is 5.91 Å². The Balaban J connectivity index is 2.26. The van der Waals surface area contributed by atoms with Crippen molar-refractivity contribution in [3.8, 4) is 0 Å². The number of esters is 1. The van der Waals surface area contributed by atoms with Crippen molar-refractivity contribution in [1.29, 1.82) is 0 Å². The molecule has 0 aliphatic carbocycles. The summed E-state index contributed by atoms with van der Waals surface area (Å²) < 4.78 is 10.7. The first kappa shape index (κ1) is 26.3. The number of halogens is 1. The molecular formula is C23H31ClN4O5. The number of nitrogens with one attached hydrogen (secondary N) is 2. The first-order chi connectivity index (χ1) is 15.2. The normalized spacial score (nSPS) is 17.8. The topological polar surface area (TPSA) is 118 Å². The molecule has 0 bridgehead atoms. The molecule has 1 aliphatic rings. The molecule has 1 heterocycles. The van der Waals surface area contributed by atoms with Gasteiger partial charge < -0.3 is 14.8 Å². The summed E-state index contributed by atoms with van der Waals surface area (Å²) in [5.74, 6) is -2.55. The second-order valence-corrected chi connectivity index (χ2v) is 9.85. The lowest BCUT2D eigenvalue weighted by Crippen LogP contribution is -2.54. The number of ether oxygens (including phenoxy) is 2. The number of alkyl carbamates (subject to hydrolysis) is 1. The molecule has 1 unspecified atom stereocenters. The van der Waals surface area contributed by atoms with Crippen molar-refractivity contribution in [2.24, 2.45) is 9.98 Å². The summed E-state index contributed by atoms with van der Waals surface area (Å²) in [6.07, 6.45) is 1.45. The van der Waals surface area contributed by atoms with E-state index in [0.717, 1.165) is 0 Å². The van der Waals surface area contributed by atoms with Gasteiger partial charge in [-0.2, -0.15) is 0 Å². The van der Waals surface area contributed by atoms with E-state index in [4.69, 9.17) is 21.1 Å². The van der Waals surface area contributed by atoms with Crippen molar-refractivity contribution in [1.82, 2.24) is 5.32 Å². The highest BCUT2D eigenvalue weighted by molar-refractivity contribution is 6.40. The molecule has 1 atom stereocenters. The number of rotatable bonds is 7. The van der Waals surface area contributed by atoms with Crippen LogP contribution in [0.5, 0.6) is 0 Å². The van der Waals surface area contributed by atoms with E-state index >= 15 is 0 Å². The van der Waals surface area contributed by atoms with E-state index in [1.54, 1.807) is 65.8 Å². The highest BCUT2D eigenvalue weighted by Crippen LogP contribution is 2.24. The van der Waals surface area contributed by atoms with Crippen molar-refractivity contribution in [3.63, 3.8) is 0 Å². The van der Waals surface area contributed by atoms with E-state index < -0.39 is 29.1 Å². The highest BCUT2D eigenvalue weighted by Gasteiger charge is 2.46. The Morgan fingerprint density at radius 1 is 1.00 bits per heavy atom. The molecule has 0 saturated heterocycles. The maximum atomic E-state index is 13.0. The van der Waals surface area contributed by atoms with Crippen LogP contribution in [0.2, 0.25) is 0 Å². The molecule has 1 aliphatic heterocycles. The van der Waals surface area contributed by atoms with Crippen LogP contribution in [-0.4, -0.2) is 52.8 Å². The van der Waals surface area contributed by atoms with Crippen LogP contribution in [0.3, 0.4) is 0 Å². The van der Waals surface area contributed by atoms with Gasteiger partial charge in [-0.3, -0.25) is 10.1 Å². The molecule has 2 amide bonds. The molecule has 0 fully saturated rings.